The predicted molar refractivity (Wildman–Crippen MR) is 37.7 cm³/mol. The van der Waals surface area contributed by atoms with Gasteiger partial charge in [0.2, 0.25) is 0 Å². The molecule has 1 saturated carbocycles. The highest BCUT2D eigenvalue weighted by Crippen LogP contribution is 2.25. The molecule has 0 saturated heterocycles. The Labute approximate surface area is 60.6 Å². The van der Waals surface area contributed by atoms with Gasteiger partial charge in [-0.25, -0.2) is 4.39 Å². The number of nitrogens with zero attached hydrogens (tertiary/aromatic N) is 1. The molecular formula is C7H14FNO. The van der Waals surface area contributed by atoms with Gasteiger partial charge in [-0.3, -0.25) is 4.90 Å². The number of hydrogen-bond donors (Lipinski definition) is 1. The fraction of sp³-hybridized carbons (Fsp3) is 1.00. The molecule has 0 atom stereocenters. The zero-order valence-electron chi connectivity index (χ0n) is 6.09. The van der Waals surface area contributed by atoms with Crippen LogP contribution in [0.25, 0.3) is 0 Å². The molecule has 0 unspecified atom stereocenters. The van der Waals surface area contributed by atoms with Crippen LogP contribution in [0.4, 0.5) is 4.39 Å². The summed E-state index contributed by atoms with van der Waals surface area (Å²) in [5.74, 6) is 0. The molecule has 0 aromatic rings. The lowest BCUT2D eigenvalue weighted by Gasteiger charge is -2.18. The lowest BCUT2D eigenvalue weighted by Crippen LogP contribution is -2.31. The van der Waals surface area contributed by atoms with Crippen molar-refractivity contribution in [3.8, 4) is 0 Å². The van der Waals surface area contributed by atoms with Crippen LogP contribution in [0.3, 0.4) is 0 Å². The molecule has 0 aliphatic heterocycles. The average Bonchev–Trinajstić information content (AvgIpc) is 2.69. The van der Waals surface area contributed by atoms with Gasteiger partial charge in [-0.15, -0.1) is 0 Å². The third-order valence-electron chi connectivity index (χ3n) is 1.82. The fourth-order valence-electron chi connectivity index (χ4n) is 1.15. The highest BCUT2D eigenvalue weighted by Gasteiger charge is 2.27. The minimum absolute atomic E-state index is 0.149. The minimum atomic E-state index is -0.295. The van der Waals surface area contributed by atoms with Crippen molar-refractivity contribution in [2.24, 2.45) is 0 Å². The van der Waals surface area contributed by atoms with Gasteiger partial charge in [-0.1, -0.05) is 0 Å². The highest BCUT2D eigenvalue weighted by atomic mass is 19.1. The summed E-state index contributed by atoms with van der Waals surface area (Å²) in [5, 5.41) is 8.58. The highest BCUT2D eigenvalue weighted by molar-refractivity contribution is 4.83. The van der Waals surface area contributed by atoms with Crippen molar-refractivity contribution >= 4 is 0 Å². The molecule has 1 fully saturated rings. The minimum Gasteiger partial charge on any atom is -0.395 e. The van der Waals surface area contributed by atoms with Gasteiger partial charge >= 0.3 is 0 Å². The van der Waals surface area contributed by atoms with Crippen LogP contribution in [-0.4, -0.2) is 42.4 Å². The van der Waals surface area contributed by atoms with Crippen LogP contribution in [0.1, 0.15) is 12.8 Å². The Balaban J connectivity index is 2.13. The molecule has 1 aliphatic carbocycles. The first-order valence-electron chi connectivity index (χ1n) is 3.79. The van der Waals surface area contributed by atoms with Crippen molar-refractivity contribution < 1.29 is 9.50 Å². The molecule has 1 N–H and O–H groups in total. The van der Waals surface area contributed by atoms with Crippen molar-refractivity contribution in [2.75, 3.05) is 26.4 Å². The molecule has 1 rings (SSSR count). The van der Waals surface area contributed by atoms with E-state index >= 15 is 0 Å². The van der Waals surface area contributed by atoms with Crippen molar-refractivity contribution in [3.05, 3.63) is 0 Å². The Morgan fingerprint density at radius 1 is 1.40 bits per heavy atom. The van der Waals surface area contributed by atoms with E-state index < -0.39 is 0 Å². The molecular weight excluding hydrogens is 133 g/mol. The van der Waals surface area contributed by atoms with E-state index in [0.717, 1.165) is 0 Å². The van der Waals surface area contributed by atoms with Crippen LogP contribution in [0.2, 0.25) is 0 Å². The summed E-state index contributed by atoms with van der Waals surface area (Å²) in [5.41, 5.74) is 0. The summed E-state index contributed by atoms with van der Waals surface area (Å²) in [7, 11) is 0. The number of rotatable bonds is 5. The SMILES string of the molecule is OCCN(CCF)C1CC1. The molecule has 0 heterocycles. The number of aliphatic hydroxyl groups excluding tert-OH is 1. The predicted octanol–water partition coefficient (Wildman–Crippen LogP) is 0.413. The molecule has 0 aromatic carbocycles. The maximum absolute atomic E-state index is 11.8. The van der Waals surface area contributed by atoms with Crippen LogP contribution in [-0.2, 0) is 0 Å². The third kappa shape index (κ3) is 2.23. The second-order valence-corrected chi connectivity index (χ2v) is 2.68. The largest absolute Gasteiger partial charge is 0.395 e. The van der Waals surface area contributed by atoms with Crippen LogP contribution in [0, 0.1) is 0 Å². The van der Waals surface area contributed by atoms with E-state index in [1.165, 1.54) is 12.8 Å². The Morgan fingerprint density at radius 3 is 2.50 bits per heavy atom. The maximum Gasteiger partial charge on any atom is 0.102 e. The Kier molecular flexibility index (Phi) is 3.09. The molecule has 60 valence electrons. The van der Waals surface area contributed by atoms with Gasteiger partial charge in [0.1, 0.15) is 6.67 Å². The molecule has 0 spiro atoms. The summed E-state index contributed by atoms with van der Waals surface area (Å²) in [6, 6.07) is 0.572. The van der Waals surface area contributed by atoms with E-state index in [9.17, 15) is 4.39 Å². The number of aliphatic hydroxyl groups is 1. The second kappa shape index (κ2) is 3.88. The first-order valence-corrected chi connectivity index (χ1v) is 3.79. The van der Waals surface area contributed by atoms with Gasteiger partial charge in [-0.2, -0.15) is 0 Å². The summed E-state index contributed by atoms with van der Waals surface area (Å²) in [6.45, 7) is 0.979. The number of alkyl halides is 1. The molecule has 2 nitrogen and oxygen atoms in total. The second-order valence-electron chi connectivity index (χ2n) is 2.68. The first kappa shape index (κ1) is 7.95. The maximum atomic E-state index is 11.8. The van der Waals surface area contributed by atoms with E-state index in [2.05, 4.69) is 0 Å². The molecule has 0 aromatic heterocycles. The Bertz CT molecular complexity index is 89.6. The Morgan fingerprint density at radius 2 is 2.10 bits per heavy atom. The molecule has 0 amide bonds. The number of hydrogen-bond acceptors (Lipinski definition) is 2. The van der Waals surface area contributed by atoms with Gasteiger partial charge < -0.3 is 5.11 Å². The first-order chi connectivity index (χ1) is 4.88. The summed E-state index contributed by atoms with van der Waals surface area (Å²) >= 11 is 0. The van der Waals surface area contributed by atoms with Crippen LogP contribution in [0.5, 0.6) is 0 Å². The molecule has 10 heavy (non-hydrogen) atoms. The van der Waals surface area contributed by atoms with Gasteiger partial charge in [0.25, 0.3) is 0 Å². The summed E-state index contributed by atoms with van der Waals surface area (Å²) < 4.78 is 11.8. The smallest absolute Gasteiger partial charge is 0.102 e. The van der Waals surface area contributed by atoms with Gasteiger partial charge in [0.15, 0.2) is 0 Å². The van der Waals surface area contributed by atoms with Crippen molar-refractivity contribution in [1.82, 2.24) is 4.90 Å². The summed E-state index contributed by atoms with van der Waals surface area (Å²) in [4.78, 5) is 2.01. The third-order valence-corrected chi connectivity index (χ3v) is 1.82. The lowest BCUT2D eigenvalue weighted by atomic mass is 10.4. The van der Waals surface area contributed by atoms with Crippen LogP contribution in [0.15, 0.2) is 0 Å². The van der Waals surface area contributed by atoms with E-state index in [0.29, 0.717) is 19.1 Å². The fourth-order valence-corrected chi connectivity index (χ4v) is 1.15. The van der Waals surface area contributed by atoms with Crippen LogP contribution < -0.4 is 0 Å². The number of halogens is 1. The summed E-state index contributed by atoms with van der Waals surface area (Å²) in [6.07, 6.45) is 2.36. The molecule has 3 heteroatoms. The van der Waals surface area contributed by atoms with E-state index in [1.807, 2.05) is 4.90 Å². The van der Waals surface area contributed by atoms with E-state index in [1.54, 1.807) is 0 Å². The van der Waals surface area contributed by atoms with E-state index in [4.69, 9.17) is 5.11 Å². The average molecular weight is 147 g/mol. The van der Waals surface area contributed by atoms with Gasteiger partial charge in [-0.05, 0) is 12.8 Å². The van der Waals surface area contributed by atoms with Gasteiger partial charge in [0.05, 0.1) is 6.61 Å². The lowest BCUT2D eigenvalue weighted by molar-refractivity contribution is 0.179. The molecule has 0 radical (unpaired) electrons. The zero-order chi connectivity index (χ0) is 7.40. The Hall–Kier alpha value is -0.150. The monoisotopic (exact) mass is 147 g/mol. The van der Waals surface area contributed by atoms with Crippen LogP contribution >= 0.6 is 0 Å². The van der Waals surface area contributed by atoms with Crippen molar-refractivity contribution in [2.45, 2.75) is 18.9 Å². The van der Waals surface area contributed by atoms with Crippen molar-refractivity contribution in [3.63, 3.8) is 0 Å². The van der Waals surface area contributed by atoms with E-state index in [-0.39, 0.29) is 13.3 Å². The standard InChI is InChI=1S/C7H14FNO/c8-3-4-9(5-6-10)7-1-2-7/h7,10H,1-6H2. The van der Waals surface area contributed by atoms with Crippen molar-refractivity contribution in [1.29, 1.82) is 0 Å². The normalized spacial score (nSPS) is 18.3. The quantitative estimate of drug-likeness (QED) is 0.609. The topological polar surface area (TPSA) is 23.5 Å². The molecule has 0 bridgehead atoms. The molecule has 1 aliphatic rings. The van der Waals surface area contributed by atoms with Gasteiger partial charge in [0, 0.05) is 19.1 Å². The zero-order valence-corrected chi connectivity index (χ0v) is 6.09.